The molecule has 1 heterocycles. The molecule has 0 spiro atoms. The van der Waals surface area contributed by atoms with Crippen molar-refractivity contribution in [3.63, 3.8) is 0 Å². The summed E-state index contributed by atoms with van der Waals surface area (Å²) in [5.74, 6) is -1.67. The molecule has 0 aliphatic heterocycles. The molecule has 1 aromatic heterocycles. The third-order valence-electron chi connectivity index (χ3n) is 6.47. The highest BCUT2D eigenvalue weighted by Gasteiger charge is 2.30. The Morgan fingerprint density at radius 2 is 1.52 bits per heavy atom. The zero-order valence-corrected chi connectivity index (χ0v) is 25.0. The van der Waals surface area contributed by atoms with Crippen LogP contribution in [0.4, 0.5) is 0 Å². The summed E-state index contributed by atoms with van der Waals surface area (Å²) in [5, 5.41) is 14.8. The van der Waals surface area contributed by atoms with Crippen molar-refractivity contribution in [2.45, 2.75) is 72.5 Å². The normalized spacial score (nSPS) is 12.6. The molecular formula is C32H41N5O5. The van der Waals surface area contributed by atoms with Gasteiger partial charge < -0.3 is 25.8 Å². The number of hydrogen-bond donors (Lipinski definition) is 4. The van der Waals surface area contributed by atoms with Crippen LogP contribution in [-0.4, -0.2) is 47.4 Å². The van der Waals surface area contributed by atoms with E-state index >= 15 is 0 Å². The highest BCUT2D eigenvalue weighted by atomic mass is 16.5. The van der Waals surface area contributed by atoms with Gasteiger partial charge in [0.15, 0.2) is 5.69 Å². The highest BCUT2D eigenvalue weighted by molar-refractivity contribution is 5.98. The average molecular weight is 576 g/mol. The number of aryl methyl sites for hydroxylation is 3. The molecule has 3 rings (SSSR count). The molecule has 224 valence electrons. The van der Waals surface area contributed by atoms with E-state index < -0.39 is 29.8 Å². The van der Waals surface area contributed by atoms with Crippen molar-refractivity contribution in [1.29, 1.82) is 0 Å². The third-order valence-corrected chi connectivity index (χ3v) is 6.47. The Morgan fingerprint density at radius 1 is 0.833 bits per heavy atom. The topological polar surface area (TPSA) is 142 Å². The van der Waals surface area contributed by atoms with Gasteiger partial charge in [-0.1, -0.05) is 86.1 Å². The first-order valence-corrected chi connectivity index (χ1v) is 14.1. The molecule has 0 radical (unpaired) electrons. The van der Waals surface area contributed by atoms with Gasteiger partial charge in [0, 0.05) is 19.2 Å². The molecule has 0 bridgehead atoms. The number of nitrogens with one attached hydrogen (secondary N) is 4. The Balaban J connectivity index is 1.76. The number of nitrogens with zero attached hydrogens (tertiary/aromatic N) is 1. The lowest BCUT2D eigenvalue weighted by molar-refractivity contribution is -0.131. The van der Waals surface area contributed by atoms with Crippen LogP contribution in [-0.2, 0) is 27.3 Å². The smallest absolute Gasteiger partial charge is 0.274 e. The maximum Gasteiger partial charge on any atom is 0.274 e. The van der Waals surface area contributed by atoms with Gasteiger partial charge in [0.25, 0.3) is 5.91 Å². The number of hydrogen-bond acceptors (Lipinski definition) is 6. The van der Waals surface area contributed by atoms with E-state index in [9.17, 15) is 19.2 Å². The second-order valence-electron chi connectivity index (χ2n) is 11.7. The Bertz CT molecular complexity index is 1350. The first-order chi connectivity index (χ1) is 19.9. The van der Waals surface area contributed by atoms with Crippen LogP contribution in [0.25, 0.3) is 0 Å². The third kappa shape index (κ3) is 10.8. The van der Waals surface area contributed by atoms with Crippen molar-refractivity contribution in [2.75, 3.05) is 6.54 Å². The fraction of sp³-hybridized carbons (Fsp3) is 0.406. The van der Waals surface area contributed by atoms with Gasteiger partial charge >= 0.3 is 0 Å². The lowest BCUT2D eigenvalue weighted by Crippen LogP contribution is -2.55. The summed E-state index contributed by atoms with van der Waals surface area (Å²) < 4.78 is 4.98. The van der Waals surface area contributed by atoms with Crippen molar-refractivity contribution >= 4 is 23.6 Å². The van der Waals surface area contributed by atoms with Gasteiger partial charge in [0.2, 0.25) is 17.7 Å². The molecule has 0 aliphatic carbocycles. The van der Waals surface area contributed by atoms with Crippen LogP contribution in [0.2, 0.25) is 0 Å². The van der Waals surface area contributed by atoms with Gasteiger partial charge in [-0.3, -0.25) is 19.2 Å². The number of carbonyl (C=O) groups excluding carboxylic acids is 4. The van der Waals surface area contributed by atoms with E-state index in [4.69, 9.17) is 4.52 Å². The van der Waals surface area contributed by atoms with Crippen LogP contribution < -0.4 is 21.3 Å². The monoisotopic (exact) mass is 575 g/mol. The van der Waals surface area contributed by atoms with E-state index in [1.165, 1.54) is 6.07 Å². The molecule has 3 aromatic rings. The van der Waals surface area contributed by atoms with E-state index in [0.717, 1.165) is 16.7 Å². The fourth-order valence-corrected chi connectivity index (χ4v) is 4.05. The molecule has 0 unspecified atom stereocenters. The Labute approximate surface area is 247 Å². The maximum absolute atomic E-state index is 13.6. The Hall–Kier alpha value is -4.47. The average Bonchev–Trinajstić information content (AvgIpc) is 3.39. The first-order valence-electron chi connectivity index (χ1n) is 14.1. The summed E-state index contributed by atoms with van der Waals surface area (Å²) >= 11 is 0. The number of amides is 4. The largest absolute Gasteiger partial charge is 0.361 e. The molecular weight excluding hydrogens is 534 g/mol. The van der Waals surface area contributed by atoms with Crippen molar-refractivity contribution in [3.05, 3.63) is 88.8 Å². The van der Waals surface area contributed by atoms with Gasteiger partial charge in [-0.15, -0.1) is 0 Å². The molecule has 10 nitrogen and oxygen atoms in total. The SMILES string of the molecule is Cc1ccc(CNC(=O)[C@H](CCc2ccccc2)NC(=O)[C@H](CC(=O)NCC(C)(C)C)NC(=O)c2cc(C)on2)cc1. The predicted molar refractivity (Wildman–Crippen MR) is 159 cm³/mol. The van der Waals surface area contributed by atoms with Gasteiger partial charge in [-0.05, 0) is 43.2 Å². The Kier molecular flexibility index (Phi) is 11.4. The van der Waals surface area contributed by atoms with Gasteiger partial charge in [0.05, 0.1) is 6.42 Å². The van der Waals surface area contributed by atoms with Crippen LogP contribution >= 0.6 is 0 Å². The van der Waals surface area contributed by atoms with E-state index in [-0.39, 0.29) is 30.0 Å². The molecule has 2 aromatic carbocycles. The fourth-order valence-electron chi connectivity index (χ4n) is 4.05. The molecule has 0 aliphatic rings. The van der Waals surface area contributed by atoms with Crippen molar-refractivity contribution in [2.24, 2.45) is 5.41 Å². The van der Waals surface area contributed by atoms with E-state index in [0.29, 0.717) is 25.1 Å². The van der Waals surface area contributed by atoms with Gasteiger partial charge in [-0.25, -0.2) is 0 Å². The van der Waals surface area contributed by atoms with Crippen LogP contribution in [0.1, 0.15) is 66.6 Å². The van der Waals surface area contributed by atoms with E-state index in [2.05, 4.69) is 26.4 Å². The maximum atomic E-state index is 13.6. The number of rotatable bonds is 13. The summed E-state index contributed by atoms with van der Waals surface area (Å²) in [6, 6.07) is 16.7. The minimum atomic E-state index is -1.25. The van der Waals surface area contributed by atoms with Gasteiger partial charge in [0.1, 0.15) is 17.8 Å². The lowest BCUT2D eigenvalue weighted by Gasteiger charge is -2.24. The highest BCUT2D eigenvalue weighted by Crippen LogP contribution is 2.11. The van der Waals surface area contributed by atoms with Crippen LogP contribution in [0.3, 0.4) is 0 Å². The Morgan fingerprint density at radius 3 is 2.14 bits per heavy atom. The first kappa shape index (κ1) is 32.0. The van der Waals surface area contributed by atoms with Crippen molar-refractivity contribution in [1.82, 2.24) is 26.4 Å². The van der Waals surface area contributed by atoms with Crippen LogP contribution in [0.5, 0.6) is 0 Å². The second-order valence-corrected chi connectivity index (χ2v) is 11.7. The lowest BCUT2D eigenvalue weighted by atomic mass is 9.97. The summed E-state index contributed by atoms with van der Waals surface area (Å²) in [5.41, 5.74) is 2.85. The molecule has 0 fully saturated rings. The summed E-state index contributed by atoms with van der Waals surface area (Å²) in [6.45, 7) is 10.2. The molecule has 2 atom stereocenters. The minimum Gasteiger partial charge on any atom is -0.361 e. The van der Waals surface area contributed by atoms with Crippen molar-refractivity contribution < 1.29 is 23.7 Å². The number of carbonyl (C=O) groups is 4. The zero-order chi connectivity index (χ0) is 30.7. The zero-order valence-electron chi connectivity index (χ0n) is 25.0. The quantitative estimate of drug-likeness (QED) is 0.246. The molecule has 10 heteroatoms. The molecule has 4 N–H and O–H groups in total. The van der Waals surface area contributed by atoms with Crippen LogP contribution in [0.15, 0.2) is 65.2 Å². The van der Waals surface area contributed by atoms with Gasteiger partial charge in [-0.2, -0.15) is 0 Å². The molecule has 0 saturated carbocycles. The van der Waals surface area contributed by atoms with E-state index in [1.54, 1.807) is 6.92 Å². The number of benzene rings is 2. The molecule has 42 heavy (non-hydrogen) atoms. The standard InChI is InChI=1S/C32H41N5O5/c1-21-11-13-24(14-12-21)19-33-29(39)25(16-15-23-9-7-6-8-10-23)35-30(40)26(18-28(38)34-20-32(3,4)5)36-31(41)27-17-22(2)42-37-27/h6-14,17,25-26H,15-16,18-20H2,1-5H3,(H,33,39)(H,34,38)(H,35,40)(H,36,41)/t25-,26-/m0/s1. The molecule has 0 saturated heterocycles. The van der Waals surface area contributed by atoms with E-state index in [1.807, 2.05) is 82.3 Å². The summed E-state index contributed by atoms with van der Waals surface area (Å²) in [7, 11) is 0. The van der Waals surface area contributed by atoms with Crippen LogP contribution in [0, 0.1) is 19.3 Å². The van der Waals surface area contributed by atoms with Crippen molar-refractivity contribution in [3.8, 4) is 0 Å². The number of aromatic nitrogens is 1. The minimum absolute atomic E-state index is 0.0168. The predicted octanol–water partition coefficient (Wildman–Crippen LogP) is 3.38. The summed E-state index contributed by atoms with van der Waals surface area (Å²) in [4.78, 5) is 52.5. The molecule has 4 amide bonds. The summed E-state index contributed by atoms with van der Waals surface area (Å²) in [6.07, 6.45) is 0.529. The second kappa shape index (κ2) is 15.0.